The Morgan fingerprint density at radius 2 is 2.42 bits per heavy atom. The van der Waals surface area contributed by atoms with Crippen LogP contribution in [0, 0.1) is 0 Å². The lowest BCUT2D eigenvalue weighted by atomic mass is 10.2. The number of carboxylic acid groups (broad SMARTS) is 1. The summed E-state index contributed by atoms with van der Waals surface area (Å²) in [4.78, 5) is 12.4. The molecule has 0 saturated carbocycles. The topological polar surface area (TPSA) is 49.8 Å². The van der Waals surface area contributed by atoms with E-state index in [2.05, 4.69) is 11.8 Å². The van der Waals surface area contributed by atoms with E-state index in [1.165, 1.54) is 0 Å². The third-order valence-electron chi connectivity index (χ3n) is 2.29. The smallest absolute Gasteiger partial charge is 0.329 e. The Hall–Kier alpha value is -0.610. The summed E-state index contributed by atoms with van der Waals surface area (Å²) >= 11 is 0. The van der Waals surface area contributed by atoms with Gasteiger partial charge in [-0.3, -0.25) is 0 Å². The van der Waals surface area contributed by atoms with Gasteiger partial charge in [0.05, 0.1) is 6.10 Å². The molecule has 0 aromatic rings. The molecule has 1 fully saturated rings. The summed E-state index contributed by atoms with van der Waals surface area (Å²) in [5, 5.41) is 8.37. The average molecular weight is 173 g/mol. The van der Waals surface area contributed by atoms with Gasteiger partial charge >= 0.3 is 5.97 Å². The van der Waals surface area contributed by atoms with Gasteiger partial charge in [0, 0.05) is 12.6 Å². The SMILES string of the molecule is CC1CC(OCC(=O)O)CN1C. The highest BCUT2D eigenvalue weighted by Gasteiger charge is 2.26. The van der Waals surface area contributed by atoms with Crippen molar-refractivity contribution in [1.82, 2.24) is 4.90 Å². The van der Waals surface area contributed by atoms with Gasteiger partial charge in [0.15, 0.2) is 0 Å². The maximum atomic E-state index is 10.2. The molecule has 12 heavy (non-hydrogen) atoms. The highest BCUT2D eigenvalue weighted by molar-refractivity contribution is 5.68. The summed E-state index contributed by atoms with van der Waals surface area (Å²) < 4.78 is 5.16. The number of hydrogen-bond donors (Lipinski definition) is 1. The molecule has 1 heterocycles. The summed E-state index contributed by atoms with van der Waals surface area (Å²) in [6.07, 6.45) is 1.03. The van der Waals surface area contributed by atoms with Gasteiger partial charge in [-0.25, -0.2) is 4.79 Å². The molecule has 2 atom stereocenters. The number of hydrogen-bond acceptors (Lipinski definition) is 3. The lowest BCUT2D eigenvalue weighted by Gasteiger charge is -2.12. The monoisotopic (exact) mass is 173 g/mol. The van der Waals surface area contributed by atoms with Crippen LogP contribution in [0.4, 0.5) is 0 Å². The molecule has 1 aliphatic heterocycles. The van der Waals surface area contributed by atoms with Gasteiger partial charge in [-0.15, -0.1) is 0 Å². The summed E-state index contributed by atoms with van der Waals surface area (Å²) in [6.45, 7) is 2.78. The van der Waals surface area contributed by atoms with Crippen LogP contribution in [0.3, 0.4) is 0 Å². The zero-order chi connectivity index (χ0) is 9.14. The van der Waals surface area contributed by atoms with Crippen LogP contribution in [-0.2, 0) is 9.53 Å². The third kappa shape index (κ3) is 2.46. The van der Waals surface area contributed by atoms with E-state index in [-0.39, 0.29) is 12.7 Å². The first-order chi connectivity index (χ1) is 5.59. The zero-order valence-corrected chi connectivity index (χ0v) is 7.49. The largest absolute Gasteiger partial charge is 0.480 e. The van der Waals surface area contributed by atoms with E-state index >= 15 is 0 Å². The Balaban J connectivity index is 2.23. The van der Waals surface area contributed by atoms with E-state index in [0.717, 1.165) is 13.0 Å². The molecule has 1 aliphatic rings. The molecule has 0 radical (unpaired) electrons. The zero-order valence-electron chi connectivity index (χ0n) is 7.49. The number of carboxylic acids is 1. The van der Waals surface area contributed by atoms with Gasteiger partial charge in [-0.2, -0.15) is 0 Å². The van der Waals surface area contributed by atoms with Gasteiger partial charge in [0.1, 0.15) is 6.61 Å². The van der Waals surface area contributed by atoms with Crippen LogP contribution in [0.5, 0.6) is 0 Å². The van der Waals surface area contributed by atoms with Gasteiger partial charge in [0.25, 0.3) is 0 Å². The summed E-state index contributed by atoms with van der Waals surface area (Å²) in [5.74, 6) is -0.891. The van der Waals surface area contributed by atoms with Crippen molar-refractivity contribution in [3.8, 4) is 0 Å². The molecule has 1 N–H and O–H groups in total. The number of rotatable bonds is 3. The Morgan fingerprint density at radius 3 is 2.83 bits per heavy atom. The molecule has 1 saturated heterocycles. The van der Waals surface area contributed by atoms with Crippen LogP contribution in [0.25, 0.3) is 0 Å². The Kier molecular flexibility index (Phi) is 3.05. The Morgan fingerprint density at radius 1 is 1.75 bits per heavy atom. The highest BCUT2D eigenvalue weighted by atomic mass is 16.5. The van der Waals surface area contributed by atoms with Crippen molar-refractivity contribution in [1.29, 1.82) is 0 Å². The number of carbonyl (C=O) groups is 1. The molecule has 0 aliphatic carbocycles. The van der Waals surface area contributed by atoms with Crippen molar-refractivity contribution in [2.75, 3.05) is 20.2 Å². The summed E-state index contributed by atoms with van der Waals surface area (Å²) in [5.41, 5.74) is 0. The summed E-state index contributed by atoms with van der Waals surface area (Å²) in [6, 6.07) is 0.504. The predicted octanol–water partition coefficient (Wildman–Crippen LogP) is 0.180. The van der Waals surface area contributed by atoms with E-state index in [9.17, 15) is 4.79 Å². The number of likely N-dealkylation sites (N-methyl/N-ethyl adjacent to an activating group) is 1. The molecule has 70 valence electrons. The van der Waals surface area contributed by atoms with Gasteiger partial charge in [-0.1, -0.05) is 0 Å². The molecule has 0 aromatic carbocycles. The van der Waals surface area contributed by atoms with E-state index < -0.39 is 5.97 Å². The predicted molar refractivity (Wildman–Crippen MR) is 44.1 cm³/mol. The van der Waals surface area contributed by atoms with Crippen LogP contribution in [0.2, 0.25) is 0 Å². The molecule has 0 spiro atoms. The first-order valence-corrected chi connectivity index (χ1v) is 4.13. The normalized spacial score (nSPS) is 30.8. The van der Waals surface area contributed by atoms with E-state index in [1.807, 2.05) is 7.05 Å². The molecular weight excluding hydrogens is 158 g/mol. The first kappa shape index (κ1) is 9.48. The van der Waals surface area contributed by atoms with E-state index in [0.29, 0.717) is 6.04 Å². The second-order valence-electron chi connectivity index (χ2n) is 3.35. The van der Waals surface area contributed by atoms with Gasteiger partial charge in [0.2, 0.25) is 0 Å². The Labute approximate surface area is 72.1 Å². The van der Waals surface area contributed by atoms with Crippen molar-refractivity contribution in [3.63, 3.8) is 0 Å². The van der Waals surface area contributed by atoms with Crippen LogP contribution >= 0.6 is 0 Å². The number of nitrogens with zero attached hydrogens (tertiary/aromatic N) is 1. The quantitative estimate of drug-likeness (QED) is 0.661. The molecule has 1 rings (SSSR count). The maximum absolute atomic E-state index is 10.2. The van der Waals surface area contributed by atoms with Crippen molar-refractivity contribution in [3.05, 3.63) is 0 Å². The third-order valence-corrected chi connectivity index (χ3v) is 2.29. The highest BCUT2D eigenvalue weighted by Crippen LogP contribution is 2.17. The fourth-order valence-corrected chi connectivity index (χ4v) is 1.45. The Bertz CT molecular complexity index is 162. The molecule has 4 heteroatoms. The lowest BCUT2D eigenvalue weighted by Crippen LogP contribution is -2.23. The van der Waals surface area contributed by atoms with Crippen LogP contribution < -0.4 is 0 Å². The molecular formula is C8H15NO3. The van der Waals surface area contributed by atoms with E-state index in [1.54, 1.807) is 0 Å². The lowest BCUT2D eigenvalue weighted by molar-refractivity contribution is -0.144. The minimum Gasteiger partial charge on any atom is -0.480 e. The summed E-state index contributed by atoms with van der Waals surface area (Å²) in [7, 11) is 2.02. The average Bonchev–Trinajstić information content (AvgIpc) is 2.28. The number of ether oxygens (including phenoxy) is 1. The van der Waals surface area contributed by atoms with Crippen molar-refractivity contribution >= 4 is 5.97 Å². The minimum atomic E-state index is -0.891. The van der Waals surface area contributed by atoms with Crippen LogP contribution in [0.1, 0.15) is 13.3 Å². The fraction of sp³-hybridized carbons (Fsp3) is 0.875. The number of aliphatic carboxylic acids is 1. The van der Waals surface area contributed by atoms with Crippen molar-refractivity contribution in [2.45, 2.75) is 25.5 Å². The molecule has 2 unspecified atom stereocenters. The van der Waals surface area contributed by atoms with Gasteiger partial charge < -0.3 is 14.7 Å². The standard InChI is InChI=1S/C8H15NO3/c1-6-3-7(4-9(6)2)12-5-8(10)11/h6-7H,3-5H2,1-2H3,(H,10,11). The second-order valence-corrected chi connectivity index (χ2v) is 3.35. The van der Waals surface area contributed by atoms with Gasteiger partial charge in [-0.05, 0) is 20.4 Å². The fourth-order valence-electron chi connectivity index (χ4n) is 1.45. The molecule has 0 aromatic heterocycles. The van der Waals surface area contributed by atoms with Crippen LogP contribution in [0.15, 0.2) is 0 Å². The van der Waals surface area contributed by atoms with Crippen molar-refractivity contribution in [2.24, 2.45) is 0 Å². The van der Waals surface area contributed by atoms with Crippen LogP contribution in [-0.4, -0.2) is 48.3 Å². The first-order valence-electron chi connectivity index (χ1n) is 4.13. The molecule has 0 amide bonds. The van der Waals surface area contributed by atoms with E-state index in [4.69, 9.17) is 9.84 Å². The van der Waals surface area contributed by atoms with Crippen molar-refractivity contribution < 1.29 is 14.6 Å². The number of likely N-dealkylation sites (tertiary alicyclic amines) is 1. The molecule has 0 bridgehead atoms. The maximum Gasteiger partial charge on any atom is 0.329 e. The molecule has 4 nitrogen and oxygen atoms in total. The minimum absolute atomic E-state index is 0.0982. The second kappa shape index (κ2) is 3.87.